The molecule has 1 aromatic rings. The van der Waals surface area contributed by atoms with E-state index in [9.17, 15) is 5.11 Å². The normalized spacial score (nSPS) is 19.4. The van der Waals surface area contributed by atoms with E-state index in [4.69, 9.17) is 0 Å². The first-order chi connectivity index (χ1) is 8.40. The molecule has 0 amide bonds. The Morgan fingerprint density at radius 3 is 2.82 bits per heavy atom. The van der Waals surface area contributed by atoms with Crippen LogP contribution >= 0.6 is 11.3 Å². The molecule has 0 aliphatic heterocycles. The molecular weight excluding hydrogens is 230 g/mol. The van der Waals surface area contributed by atoms with Gasteiger partial charge in [0, 0.05) is 19.2 Å². The van der Waals surface area contributed by atoms with Gasteiger partial charge in [-0.25, -0.2) is 0 Å². The molecule has 0 spiro atoms. The van der Waals surface area contributed by atoms with Crippen LogP contribution in [0.15, 0.2) is 16.8 Å². The molecular formula is C14H23NOS. The molecule has 0 bridgehead atoms. The van der Waals surface area contributed by atoms with Gasteiger partial charge in [0.05, 0.1) is 0 Å². The Morgan fingerprint density at radius 2 is 2.18 bits per heavy atom. The van der Waals surface area contributed by atoms with Gasteiger partial charge in [-0.1, -0.05) is 19.3 Å². The highest BCUT2D eigenvalue weighted by Gasteiger charge is 2.22. The minimum absolute atomic E-state index is 0.303. The topological polar surface area (TPSA) is 32.3 Å². The van der Waals surface area contributed by atoms with Crippen molar-refractivity contribution in [1.82, 2.24) is 5.32 Å². The number of hydrogen-bond acceptors (Lipinski definition) is 3. The summed E-state index contributed by atoms with van der Waals surface area (Å²) < 4.78 is 0. The molecule has 17 heavy (non-hydrogen) atoms. The van der Waals surface area contributed by atoms with Crippen LogP contribution in [0.2, 0.25) is 0 Å². The van der Waals surface area contributed by atoms with Crippen molar-refractivity contribution in [2.45, 2.75) is 51.1 Å². The fourth-order valence-corrected chi connectivity index (χ4v) is 3.49. The lowest BCUT2D eigenvalue weighted by Gasteiger charge is -2.30. The van der Waals surface area contributed by atoms with Crippen molar-refractivity contribution < 1.29 is 5.11 Å². The molecule has 96 valence electrons. The Labute approximate surface area is 108 Å². The standard InChI is InChI=1S/C14H23NOS/c16-8-6-14(13-4-2-1-3-5-13)15-10-12-7-9-17-11-12/h7,9,11,13-16H,1-6,8,10H2. The molecule has 1 aliphatic carbocycles. The average molecular weight is 253 g/mol. The van der Waals surface area contributed by atoms with E-state index in [1.54, 1.807) is 11.3 Å². The van der Waals surface area contributed by atoms with Gasteiger partial charge in [0.25, 0.3) is 0 Å². The molecule has 2 nitrogen and oxygen atoms in total. The fraction of sp³-hybridized carbons (Fsp3) is 0.714. The van der Waals surface area contributed by atoms with Gasteiger partial charge in [-0.2, -0.15) is 11.3 Å². The lowest BCUT2D eigenvalue weighted by molar-refractivity contribution is 0.205. The summed E-state index contributed by atoms with van der Waals surface area (Å²) in [5, 5.41) is 17.1. The Bertz CT molecular complexity index is 293. The number of thiophene rings is 1. The van der Waals surface area contributed by atoms with Gasteiger partial charge in [0.2, 0.25) is 0 Å². The molecule has 1 aromatic heterocycles. The second kappa shape index (κ2) is 7.14. The van der Waals surface area contributed by atoms with E-state index in [0.717, 1.165) is 18.9 Å². The van der Waals surface area contributed by atoms with E-state index in [1.165, 1.54) is 37.7 Å². The van der Waals surface area contributed by atoms with Gasteiger partial charge in [0.1, 0.15) is 0 Å². The van der Waals surface area contributed by atoms with Crippen molar-refractivity contribution >= 4 is 11.3 Å². The van der Waals surface area contributed by atoms with Crippen LogP contribution in [0.1, 0.15) is 44.1 Å². The van der Waals surface area contributed by atoms with Gasteiger partial charge in [-0.15, -0.1) is 0 Å². The Hall–Kier alpha value is -0.380. The summed E-state index contributed by atoms with van der Waals surface area (Å²) in [6, 6.07) is 2.68. The van der Waals surface area contributed by atoms with Crippen LogP contribution in [-0.2, 0) is 6.54 Å². The van der Waals surface area contributed by atoms with E-state index in [0.29, 0.717) is 12.6 Å². The van der Waals surface area contributed by atoms with Gasteiger partial charge >= 0.3 is 0 Å². The largest absolute Gasteiger partial charge is 0.396 e. The summed E-state index contributed by atoms with van der Waals surface area (Å²) in [7, 11) is 0. The van der Waals surface area contributed by atoms with Crippen LogP contribution in [0.5, 0.6) is 0 Å². The highest BCUT2D eigenvalue weighted by atomic mass is 32.1. The van der Waals surface area contributed by atoms with Crippen molar-refractivity contribution in [3.05, 3.63) is 22.4 Å². The quantitative estimate of drug-likeness (QED) is 0.816. The molecule has 1 saturated carbocycles. The average Bonchev–Trinajstić information content (AvgIpc) is 2.88. The minimum atomic E-state index is 0.303. The fourth-order valence-electron chi connectivity index (χ4n) is 2.82. The third-order valence-corrected chi connectivity index (χ3v) is 4.54. The smallest absolute Gasteiger partial charge is 0.0445 e. The third-order valence-electron chi connectivity index (χ3n) is 3.81. The number of nitrogens with one attached hydrogen (secondary N) is 1. The number of aliphatic hydroxyl groups excluding tert-OH is 1. The monoisotopic (exact) mass is 253 g/mol. The molecule has 1 fully saturated rings. The summed E-state index contributed by atoms with van der Waals surface area (Å²) in [4.78, 5) is 0. The molecule has 3 heteroatoms. The number of rotatable bonds is 6. The highest BCUT2D eigenvalue weighted by Crippen LogP contribution is 2.27. The van der Waals surface area contributed by atoms with Crippen LogP contribution in [0.3, 0.4) is 0 Å². The minimum Gasteiger partial charge on any atom is -0.396 e. The SMILES string of the molecule is OCCC(NCc1ccsc1)C1CCCCC1. The maximum Gasteiger partial charge on any atom is 0.0445 e. The lowest BCUT2D eigenvalue weighted by atomic mass is 9.82. The second-order valence-corrected chi connectivity index (χ2v) is 5.81. The van der Waals surface area contributed by atoms with Crippen LogP contribution in [-0.4, -0.2) is 17.8 Å². The molecule has 2 N–H and O–H groups in total. The summed E-state index contributed by atoms with van der Waals surface area (Å²) in [5.74, 6) is 0.773. The zero-order valence-electron chi connectivity index (χ0n) is 10.4. The van der Waals surface area contributed by atoms with E-state index in [2.05, 4.69) is 22.1 Å². The zero-order chi connectivity index (χ0) is 11.9. The van der Waals surface area contributed by atoms with Crippen LogP contribution in [0.4, 0.5) is 0 Å². The predicted molar refractivity (Wildman–Crippen MR) is 73.2 cm³/mol. The van der Waals surface area contributed by atoms with E-state index >= 15 is 0 Å². The Morgan fingerprint density at radius 1 is 1.35 bits per heavy atom. The van der Waals surface area contributed by atoms with E-state index in [1.807, 2.05) is 0 Å². The van der Waals surface area contributed by atoms with Crippen LogP contribution < -0.4 is 5.32 Å². The first kappa shape index (κ1) is 13.1. The maximum atomic E-state index is 9.19. The molecule has 0 saturated heterocycles. The van der Waals surface area contributed by atoms with Gasteiger partial charge in [-0.3, -0.25) is 0 Å². The maximum absolute atomic E-state index is 9.19. The van der Waals surface area contributed by atoms with Crippen molar-refractivity contribution in [3.8, 4) is 0 Å². The highest BCUT2D eigenvalue weighted by molar-refractivity contribution is 7.07. The van der Waals surface area contributed by atoms with E-state index < -0.39 is 0 Å². The molecule has 1 unspecified atom stereocenters. The Balaban J connectivity index is 1.82. The molecule has 0 aromatic carbocycles. The first-order valence-electron chi connectivity index (χ1n) is 6.75. The predicted octanol–water partition coefficient (Wildman–Crippen LogP) is 3.17. The first-order valence-corrected chi connectivity index (χ1v) is 7.69. The van der Waals surface area contributed by atoms with Crippen molar-refractivity contribution in [2.75, 3.05) is 6.61 Å². The third kappa shape index (κ3) is 4.09. The van der Waals surface area contributed by atoms with Crippen molar-refractivity contribution in [2.24, 2.45) is 5.92 Å². The zero-order valence-corrected chi connectivity index (χ0v) is 11.2. The van der Waals surface area contributed by atoms with E-state index in [-0.39, 0.29) is 0 Å². The number of aliphatic hydroxyl groups is 1. The molecule has 0 radical (unpaired) electrons. The molecule has 2 rings (SSSR count). The summed E-state index contributed by atoms with van der Waals surface area (Å²) in [5.41, 5.74) is 1.37. The van der Waals surface area contributed by atoms with Gasteiger partial charge < -0.3 is 10.4 Å². The van der Waals surface area contributed by atoms with Crippen molar-refractivity contribution in [1.29, 1.82) is 0 Å². The van der Waals surface area contributed by atoms with Crippen LogP contribution in [0.25, 0.3) is 0 Å². The summed E-state index contributed by atoms with van der Waals surface area (Å²) in [6.45, 7) is 1.25. The molecule has 1 aliphatic rings. The number of hydrogen-bond donors (Lipinski definition) is 2. The summed E-state index contributed by atoms with van der Waals surface area (Å²) in [6.07, 6.45) is 7.70. The molecule has 1 heterocycles. The van der Waals surface area contributed by atoms with Crippen molar-refractivity contribution in [3.63, 3.8) is 0 Å². The summed E-state index contributed by atoms with van der Waals surface area (Å²) >= 11 is 1.75. The van der Waals surface area contributed by atoms with Gasteiger partial charge in [0.15, 0.2) is 0 Å². The lowest BCUT2D eigenvalue weighted by Crippen LogP contribution is -2.37. The van der Waals surface area contributed by atoms with Crippen LogP contribution in [0, 0.1) is 5.92 Å². The Kier molecular flexibility index (Phi) is 5.49. The molecule has 1 atom stereocenters. The van der Waals surface area contributed by atoms with Gasteiger partial charge in [-0.05, 0) is 47.6 Å². The second-order valence-electron chi connectivity index (χ2n) is 5.03.